The van der Waals surface area contributed by atoms with Crippen molar-refractivity contribution >= 4 is 0 Å². The fourth-order valence-electron chi connectivity index (χ4n) is 2.04. The third kappa shape index (κ3) is 2.73. The zero-order chi connectivity index (χ0) is 12.4. The fourth-order valence-corrected chi connectivity index (χ4v) is 2.04. The summed E-state index contributed by atoms with van der Waals surface area (Å²) in [6.07, 6.45) is 1.88. The van der Waals surface area contributed by atoms with Crippen LogP contribution in [0.5, 0.6) is 0 Å². The van der Waals surface area contributed by atoms with Gasteiger partial charge in [0.2, 0.25) is 0 Å². The molecule has 0 unspecified atom stereocenters. The van der Waals surface area contributed by atoms with Crippen LogP contribution in [0, 0.1) is 13.8 Å². The summed E-state index contributed by atoms with van der Waals surface area (Å²) in [5, 5.41) is 0. The molecule has 0 saturated heterocycles. The Morgan fingerprint density at radius 2 is 1.71 bits per heavy atom. The van der Waals surface area contributed by atoms with Crippen LogP contribution in [-0.2, 0) is 0 Å². The Balaban J connectivity index is 2.52. The minimum absolute atomic E-state index is 0.566. The van der Waals surface area contributed by atoms with Gasteiger partial charge in [0.1, 0.15) is 0 Å². The summed E-state index contributed by atoms with van der Waals surface area (Å²) in [6, 6.07) is 11.0. The van der Waals surface area contributed by atoms with E-state index < -0.39 is 0 Å². The van der Waals surface area contributed by atoms with E-state index in [4.69, 9.17) is 0 Å². The SMILES string of the molecule is Cc1cc(-c2ccnc(C)c2)cc(C(C)C)c1. The van der Waals surface area contributed by atoms with Crippen molar-refractivity contribution in [2.75, 3.05) is 0 Å². The molecule has 0 atom stereocenters. The zero-order valence-electron chi connectivity index (χ0n) is 11.0. The van der Waals surface area contributed by atoms with Gasteiger partial charge in [0, 0.05) is 11.9 Å². The summed E-state index contributed by atoms with van der Waals surface area (Å²) >= 11 is 0. The molecule has 1 nitrogen and oxygen atoms in total. The van der Waals surface area contributed by atoms with E-state index >= 15 is 0 Å². The van der Waals surface area contributed by atoms with Crippen molar-refractivity contribution in [1.29, 1.82) is 0 Å². The molecule has 88 valence electrons. The third-order valence-corrected chi connectivity index (χ3v) is 3.00. The van der Waals surface area contributed by atoms with Gasteiger partial charge in [-0.2, -0.15) is 0 Å². The number of nitrogens with zero attached hydrogens (tertiary/aromatic N) is 1. The molecule has 0 radical (unpaired) electrons. The van der Waals surface area contributed by atoms with Crippen LogP contribution in [0.3, 0.4) is 0 Å². The Morgan fingerprint density at radius 1 is 0.941 bits per heavy atom. The summed E-state index contributed by atoms with van der Waals surface area (Å²) in [6.45, 7) is 8.65. The molecule has 0 aliphatic carbocycles. The zero-order valence-corrected chi connectivity index (χ0v) is 11.0. The van der Waals surface area contributed by atoms with Crippen LogP contribution in [0.15, 0.2) is 36.5 Å². The molecular formula is C16H19N. The first kappa shape index (κ1) is 11.8. The van der Waals surface area contributed by atoms with E-state index in [1.165, 1.54) is 22.3 Å². The number of aromatic nitrogens is 1. The lowest BCUT2D eigenvalue weighted by Gasteiger charge is -2.10. The highest BCUT2D eigenvalue weighted by atomic mass is 14.6. The number of hydrogen-bond acceptors (Lipinski definition) is 1. The normalized spacial score (nSPS) is 10.9. The van der Waals surface area contributed by atoms with Crippen molar-refractivity contribution in [3.05, 3.63) is 53.3 Å². The number of aryl methyl sites for hydroxylation is 2. The Hall–Kier alpha value is -1.63. The molecule has 2 aromatic rings. The van der Waals surface area contributed by atoms with Gasteiger partial charge >= 0.3 is 0 Å². The van der Waals surface area contributed by atoms with E-state index in [1.54, 1.807) is 0 Å². The Morgan fingerprint density at radius 3 is 2.35 bits per heavy atom. The molecule has 0 aliphatic rings. The quantitative estimate of drug-likeness (QED) is 0.734. The van der Waals surface area contributed by atoms with E-state index in [0.29, 0.717) is 5.92 Å². The van der Waals surface area contributed by atoms with Gasteiger partial charge in [0.05, 0.1) is 0 Å². The van der Waals surface area contributed by atoms with Crippen LogP contribution in [0.1, 0.15) is 36.6 Å². The van der Waals surface area contributed by atoms with Crippen molar-refractivity contribution in [3.63, 3.8) is 0 Å². The Bertz CT molecular complexity index is 527. The highest BCUT2D eigenvalue weighted by Gasteiger charge is 2.04. The smallest absolute Gasteiger partial charge is 0.0378 e. The third-order valence-electron chi connectivity index (χ3n) is 3.00. The highest BCUT2D eigenvalue weighted by Crippen LogP contribution is 2.25. The molecule has 1 aromatic heterocycles. The number of pyridine rings is 1. The number of benzene rings is 1. The Labute approximate surface area is 104 Å². The van der Waals surface area contributed by atoms with Gasteiger partial charge in [-0.25, -0.2) is 0 Å². The lowest BCUT2D eigenvalue weighted by Crippen LogP contribution is -1.91. The maximum atomic E-state index is 4.25. The summed E-state index contributed by atoms with van der Waals surface area (Å²) < 4.78 is 0. The maximum absolute atomic E-state index is 4.25. The molecule has 0 N–H and O–H groups in total. The van der Waals surface area contributed by atoms with E-state index in [9.17, 15) is 0 Å². The predicted octanol–water partition coefficient (Wildman–Crippen LogP) is 4.49. The van der Waals surface area contributed by atoms with Crippen LogP contribution in [0.25, 0.3) is 11.1 Å². The fraction of sp³-hybridized carbons (Fsp3) is 0.312. The van der Waals surface area contributed by atoms with Crippen LogP contribution in [-0.4, -0.2) is 4.98 Å². The molecule has 1 aromatic carbocycles. The van der Waals surface area contributed by atoms with E-state index in [0.717, 1.165) is 5.69 Å². The molecule has 0 fully saturated rings. The lowest BCUT2D eigenvalue weighted by molar-refractivity contribution is 0.865. The monoisotopic (exact) mass is 225 g/mol. The maximum Gasteiger partial charge on any atom is 0.0378 e. The lowest BCUT2D eigenvalue weighted by atomic mass is 9.95. The highest BCUT2D eigenvalue weighted by molar-refractivity contribution is 5.65. The molecule has 17 heavy (non-hydrogen) atoms. The van der Waals surface area contributed by atoms with E-state index in [-0.39, 0.29) is 0 Å². The largest absolute Gasteiger partial charge is 0.262 e. The van der Waals surface area contributed by atoms with E-state index in [2.05, 4.69) is 56.1 Å². The molecule has 1 heteroatoms. The summed E-state index contributed by atoms with van der Waals surface area (Å²) in [7, 11) is 0. The van der Waals surface area contributed by atoms with Gasteiger partial charge < -0.3 is 0 Å². The second-order valence-electron chi connectivity index (χ2n) is 4.97. The average molecular weight is 225 g/mol. The van der Waals surface area contributed by atoms with Crippen molar-refractivity contribution in [1.82, 2.24) is 4.98 Å². The average Bonchev–Trinajstić information content (AvgIpc) is 2.28. The molecule has 0 bridgehead atoms. The minimum atomic E-state index is 0.566. The summed E-state index contributed by atoms with van der Waals surface area (Å²) in [5.74, 6) is 0.566. The molecule has 2 rings (SSSR count). The summed E-state index contributed by atoms with van der Waals surface area (Å²) in [4.78, 5) is 4.25. The first-order valence-electron chi connectivity index (χ1n) is 6.11. The van der Waals surface area contributed by atoms with Gasteiger partial charge in [-0.15, -0.1) is 0 Å². The molecular weight excluding hydrogens is 206 g/mol. The van der Waals surface area contributed by atoms with Crippen LogP contribution < -0.4 is 0 Å². The van der Waals surface area contributed by atoms with Gasteiger partial charge in [-0.3, -0.25) is 4.98 Å². The first-order valence-corrected chi connectivity index (χ1v) is 6.11. The van der Waals surface area contributed by atoms with Gasteiger partial charge in [0.25, 0.3) is 0 Å². The topological polar surface area (TPSA) is 12.9 Å². The molecule has 0 saturated carbocycles. The van der Waals surface area contributed by atoms with Crippen LogP contribution in [0.2, 0.25) is 0 Å². The standard InChI is InChI=1S/C16H19N/c1-11(2)15-7-12(3)8-16(10-15)14-5-6-17-13(4)9-14/h5-11H,1-4H3. The molecule has 1 heterocycles. The van der Waals surface area contributed by atoms with Gasteiger partial charge in [0.15, 0.2) is 0 Å². The van der Waals surface area contributed by atoms with E-state index in [1.807, 2.05) is 13.1 Å². The second kappa shape index (κ2) is 4.70. The van der Waals surface area contributed by atoms with Crippen molar-refractivity contribution in [2.24, 2.45) is 0 Å². The number of hydrogen-bond donors (Lipinski definition) is 0. The van der Waals surface area contributed by atoms with Crippen molar-refractivity contribution in [2.45, 2.75) is 33.6 Å². The van der Waals surface area contributed by atoms with Crippen LogP contribution in [0.4, 0.5) is 0 Å². The molecule has 0 amide bonds. The Kier molecular flexibility index (Phi) is 3.28. The van der Waals surface area contributed by atoms with Crippen molar-refractivity contribution < 1.29 is 0 Å². The summed E-state index contributed by atoms with van der Waals surface area (Å²) in [5.41, 5.74) is 6.33. The van der Waals surface area contributed by atoms with Crippen molar-refractivity contribution in [3.8, 4) is 11.1 Å². The van der Waals surface area contributed by atoms with Gasteiger partial charge in [-0.05, 0) is 48.6 Å². The second-order valence-corrected chi connectivity index (χ2v) is 4.97. The van der Waals surface area contributed by atoms with Gasteiger partial charge in [-0.1, -0.05) is 37.6 Å². The van der Waals surface area contributed by atoms with Crippen LogP contribution >= 0.6 is 0 Å². The minimum Gasteiger partial charge on any atom is -0.262 e. The predicted molar refractivity (Wildman–Crippen MR) is 73.2 cm³/mol. The molecule has 0 aliphatic heterocycles. The molecule has 0 spiro atoms. The number of rotatable bonds is 2. The first-order chi connectivity index (χ1) is 8.06.